The Bertz CT molecular complexity index is 900. The molecule has 1 amide bonds. The highest BCUT2D eigenvalue weighted by atomic mass is 32.1. The molecular weight excluding hydrogens is 360 g/mol. The maximum atomic E-state index is 13.0. The number of aromatic nitrogens is 4. The van der Waals surface area contributed by atoms with Crippen LogP contribution in [-0.2, 0) is 11.3 Å². The first-order valence-corrected chi connectivity index (χ1v) is 10.1. The summed E-state index contributed by atoms with van der Waals surface area (Å²) in [7, 11) is 0. The van der Waals surface area contributed by atoms with Crippen LogP contribution >= 0.6 is 11.3 Å². The van der Waals surface area contributed by atoms with Crippen molar-refractivity contribution in [1.82, 2.24) is 24.6 Å². The molecule has 0 aliphatic carbocycles. The van der Waals surface area contributed by atoms with E-state index in [1.54, 1.807) is 27.2 Å². The molecule has 0 fully saturated rings. The van der Waals surface area contributed by atoms with Gasteiger partial charge in [0.25, 0.3) is 5.91 Å². The summed E-state index contributed by atoms with van der Waals surface area (Å²) in [5.74, 6) is -0.0268. The van der Waals surface area contributed by atoms with Crippen LogP contribution in [0.1, 0.15) is 25.0 Å². The van der Waals surface area contributed by atoms with Crippen molar-refractivity contribution in [3.05, 3.63) is 35.9 Å². The molecule has 3 rings (SSSR count). The molecule has 2 heterocycles. The van der Waals surface area contributed by atoms with Crippen molar-refractivity contribution in [1.29, 1.82) is 0 Å². The van der Waals surface area contributed by atoms with Crippen molar-refractivity contribution in [2.45, 2.75) is 34.2 Å². The van der Waals surface area contributed by atoms with Gasteiger partial charge in [-0.2, -0.15) is 5.10 Å². The van der Waals surface area contributed by atoms with E-state index in [4.69, 9.17) is 4.98 Å². The molecule has 0 N–H and O–H groups in total. The molecule has 0 bridgehead atoms. The first-order chi connectivity index (χ1) is 13.0. The van der Waals surface area contributed by atoms with Gasteiger partial charge in [-0.3, -0.25) is 9.69 Å². The SMILES string of the molecule is CCN(CC)CCN(C(=O)Cn1cncn1)c1nc2c(C)cc(C)cc2s1. The van der Waals surface area contributed by atoms with Crippen LogP contribution in [-0.4, -0.2) is 56.7 Å². The van der Waals surface area contributed by atoms with Crippen LogP contribution in [0.2, 0.25) is 0 Å². The number of fused-ring (bicyclic) bond motifs is 1. The van der Waals surface area contributed by atoms with Crippen molar-refractivity contribution >= 4 is 32.6 Å². The molecule has 2 aromatic heterocycles. The third-order valence-electron chi connectivity index (χ3n) is 4.65. The maximum absolute atomic E-state index is 13.0. The quantitative estimate of drug-likeness (QED) is 0.595. The summed E-state index contributed by atoms with van der Waals surface area (Å²) in [6.07, 6.45) is 3.00. The van der Waals surface area contributed by atoms with Crippen LogP contribution in [0, 0.1) is 13.8 Å². The van der Waals surface area contributed by atoms with Crippen molar-refractivity contribution in [3.63, 3.8) is 0 Å². The van der Waals surface area contributed by atoms with E-state index in [1.165, 1.54) is 11.9 Å². The summed E-state index contributed by atoms with van der Waals surface area (Å²) in [5.41, 5.74) is 3.32. The molecule has 0 spiro atoms. The summed E-state index contributed by atoms with van der Waals surface area (Å²) < 4.78 is 2.67. The van der Waals surface area contributed by atoms with Crippen LogP contribution in [0.3, 0.4) is 0 Å². The number of carbonyl (C=O) groups excluding carboxylic acids is 1. The van der Waals surface area contributed by atoms with E-state index in [0.717, 1.165) is 40.5 Å². The number of rotatable bonds is 8. The fourth-order valence-corrected chi connectivity index (χ4v) is 4.31. The molecule has 0 saturated heterocycles. The maximum Gasteiger partial charge on any atom is 0.250 e. The zero-order chi connectivity index (χ0) is 19.4. The second-order valence-corrected chi connectivity index (χ2v) is 7.60. The van der Waals surface area contributed by atoms with Crippen molar-refractivity contribution in [3.8, 4) is 0 Å². The van der Waals surface area contributed by atoms with Gasteiger partial charge in [-0.05, 0) is 44.1 Å². The Labute approximate surface area is 163 Å². The van der Waals surface area contributed by atoms with Crippen molar-refractivity contribution < 1.29 is 4.79 Å². The van der Waals surface area contributed by atoms with E-state index in [2.05, 4.69) is 54.8 Å². The lowest BCUT2D eigenvalue weighted by atomic mass is 10.1. The molecule has 27 heavy (non-hydrogen) atoms. The van der Waals surface area contributed by atoms with Gasteiger partial charge in [0.15, 0.2) is 5.13 Å². The average Bonchev–Trinajstić information content (AvgIpc) is 3.28. The van der Waals surface area contributed by atoms with E-state index < -0.39 is 0 Å². The smallest absolute Gasteiger partial charge is 0.250 e. The number of likely N-dealkylation sites (N-methyl/N-ethyl adjacent to an activating group) is 1. The predicted octanol–water partition coefficient (Wildman–Crippen LogP) is 2.88. The zero-order valence-electron chi connectivity index (χ0n) is 16.3. The largest absolute Gasteiger partial charge is 0.302 e. The second kappa shape index (κ2) is 8.58. The summed E-state index contributed by atoms with van der Waals surface area (Å²) in [4.78, 5) is 25.8. The minimum Gasteiger partial charge on any atom is -0.302 e. The van der Waals surface area contributed by atoms with Gasteiger partial charge in [-0.25, -0.2) is 14.6 Å². The fraction of sp³-hybridized carbons (Fsp3) is 0.474. The molecule has 0 aliphatic rings. The molecular formula is C19H26N6OS. The van der Waals surface area contributed by atoms with E-state index >= 15 is 0 Å². The number of thiazole rings is 1. The third-order valence-corrected chi connectivity index (χ3v) is 5.67. The number of benzene rings is 1. The number of aryl methyl sites for hydroxylation is 2. The summed E-state index contributed by atoms with van der Waals surface area (Å²) in [6, 6.07) is 4.26. The Morgan fingerprint density at radius 3 is 2.63 bits per heavy atom. The third kappa shape index (κ3) is 4.51. The molecule has 3 aromatic rings. The molecule has 0 atom stereocenters. The lowest BCUT2D eigenvalue weighted by Gasteiger charge is -2.24. The van der Waals surface area contributed by atoms with E-state index in [0.29, 0.717) is 6.54 Å². The molecule has 1 aromatic carbocycles. The van der Waals surface area contributed by atoms with Gasteiger partial charge in [0.05, 0.1) is 10.2 Å². The van der Waals surface area contributed by atoms with E-state index in [-0.39, 0.29) is 12.5 Å². The second-order valence-electron chi connectivity index (χ2n) is 6.59. The first-order valence-electron chi connectivity index (χ1n) is 9.24. The number of hydrogen-bond donors (Lipinski definition) is 0. The first kappa shape index (κ1) is 19.4. The monoisotopic (exact) mass is 386 g/mol. The lowest BCUT2D eigenvalue weighted by molar-refractivity contribution is -0.119. The molecule has 0 radical (unpaired) electrons. The highest BCUT2D eigenvalue weighted by Gasteiger charge is 2.21. The Morgan fingerprint density at radius 1 is 1.19 bits per heavy atom. The van der Waals surface area contributed by atoms with Gasteiger partial charge >= 0.3 is 0 Å². The van der Waals surface area contributed by atoms with Crippen molar-refractivity contribution in [2.75, 3.05) is 31.1 Å². The standard InChI is InChI=1S/C19H26N6OS/c1-5-23(6-2)7-8-25(17(26)11-24-13-20-12-21-24)19-22-18-15(4)9-14(3)10-16(18)27-19/h9-10,12-13H,5-8,11H2,1-4H3. The fourth-order valence-electron chi connectivity index (χ4n) is 3.12. The lowest BCUT2D eigenvalue weighted by Crippen LogP contribution is -2.40. The van der Waals surface area contributed by atoms with E-state index in [9.17, 15) is 4.79 Å². The minimum atomic E-state index is -0.0268. The van der Waals surface area contributed by atoms with Crippen LogP contribution in [0.25, 0.3) is 10.2 Å². The number of carbonyl (C=O) groups is 1. The number of hydrogen-bond acceptors (Lipinski definition) is 6. The molecule has 144 valence electrons. The number of amides is 1. The topological polar surface area (TPSA) is 67.2 Å². The molecule has 8 heteroatoms. The Balaban J connectivity index is 1.90. The number of anilines is 1. The van der Waals surface area contributed by atoms with E-state index in [1.807, 2.05) is 0 Å². The highest BCUT2D eigenvalue weighted by molar-refractivity contribution is 7.22. The summed E-state index contributed by atoms with van der Waals surface area (Å²) >= 11 is 1.57. The normalized spacial score (nSPS) is 11.4. The summed E-state index contributed by atoms with van der Waals surface area (Å²) in [6.45, 7) is 11.9. The molecule has 0 saturated carbocycles. The number of nitrogens with zero attached hydrogens (tertiary/aromatic N) is 6. The zero-order valence-corrected chi connectivity index (χ0v) is 17.2. The summed E-state index contributed by atoms with van der Waals surface area (Å²) in [5, 5.41) is 4.81. The highest BCUT2D eigenvalue weighted by Crippen LogP contribution is 2.31. The predicted molar refractivity (Wildman–Crippen MR) is 109 cm³/mol. The van der Waals surface area contributed by atoms with Gasteiger partial charge in [-0.15, -0.1) is 0 Å². The van der Waals surface area contributed by atoms with Gasteiger partial charge < -0.3 is 4.90 Å². The van der Waals surface area contributed by atoms with Gasteiger partial charge in [0.1, 0.15) is 19.2 Å². The van der Waals surface area contributed by atoms with Gasteiger partial charge in [0.2, 0.25) is 0 Å². The van der Waals surface area contributed by atoms with Crippen LogP contribution in [0.15, 0.2) is 24.8 Å². The van der Waals surface area contributed by atoms with Crippen LogP contribution in [0.5, 0.6) is 0 Å². The van der Waals surface area contributed by atoms with Crippen LogP contribution in [0.4, 0.5) is 5.13 Å². The minimum absolute atomic E-state index is 0.0268. The van der Waals surface area contributed by atoms with Crippen molar-refractivity contribution in [2.24, 2.45) is 0 Å². The Hall–Kier alpha value is -2.32. The molecule has 0 unspecified atom stereocenters. The van der Waals surface area contributed by atoms with Gasteiger partial charge in [-0.1, -0.05) is 31.3 Å². The Kier molecular flexibility index (Phi) is 6.18. The molecule has 7 nitrogen and oxygen atoms in total. The van der Waals surface area contributed by atoms with Crippen LogP contribution < -0.4 is 4.90 Å². The average molecular weight is 387 g/mol. The molecule has 0 aliphatic heterocycles. The van der Waals surface area contributed by atoms with Gasteiger partial charge in [0, 0.05) is 13.1 Å². The Morgan fingerprint density at radius 2 is 1.96 bits per heavy atom.